The lowest BCUT2D eigenvalue weighted by molar-refractivity contribution is -0.0190. The first-order chi connectivity index (χ1) is 13.7. The maximum Gasteiger partial charge on any atom is 0.213 e. The van der Waals surface area contributed by atoms with Gasteiger partial charge in [0.15, 0.2) is 0 Å². The highest BCUT2D eigenvalue weighted by Crippen LogP contribution is 2.47. The molecule has 2 aliphatic heterocycles. The van der Waals surface area contributed by atoms with Gasteiger partial charge in [0.1, 0.15) is 5.75 Å². The van der Waals surface area contributed by atoms with Gasteiger partial charge >= 0.3 is 0 Å². The number of rotatable bonds is 3. The molecule has 2 heterocycles. The van der Waals surface area contributed by atoms with Crippen molar-refractivity contribution in [2.45, 2.75) is 18.7 Å². The Kier molecular flexibility index (Phi) is 4.05. The Balaban J connectivity index is 1.56. The molecule has 0 fully saturated rings. The van der Waals surface area contributed by atoms with Gasteiger partial charge in [-0.3, -0.25) is 0 Å². The fourth-order valence-corrected chi connectivity index (χ4v) is 4.00. The largest absolute Gasteiger partial charge is 0.464 e. The van der Waals surface area contributed by atoms with Crippen molar-refractivity contribution in [3.05, 3.63) is 95.6 Å². The van der Waals surface area contributed by atoms with Crippen molar-refractivity contribution >= 4 is 11.4 Å². The van der Waals surface area contributed by atoms with Gasteiger partial charge in [-0.1, -0.05) is 60.7 Å². The van der Waals surface area contributed by atoms with Crippen LogP contribution in [0.15, 0.2) is 84.0 Å². The number of fused-ring (bicyclic) bond motifs is 3. The molecular weight excluding hydrogens is 346 g/mol. The van der Waals surface area contributed by atoms with Crippen molar-refractivity contribution in [3.63, 3.8) is 0 Å². The van der Waals surface area contributed by atoms with E-state index in [2.05, 4.69) is 90.7 Å². The Morgan fingerprint density at radius 2 is 1.61 bits per heavy atom. The molecule has 0 bridgehead atoms. The van der Waals surface area contributed by atoms with Crippen LogP contribution in [0.3, 0.4) is 0 Å². The maximum absolute atomic E-state index is 6.42. The van der Waals surface area contributed by atoms with Gasteiger partial charge in [-0.15, -0.1) is 0 Å². The van der Waals surface area contributed by atoms with E-state index in [1.807, 2.05) is 12.1 Å². The lowest BCUT2D eigenvalue weighted by Crippen LogP contribution is -2.33. The van der Waals surface area contributed by atoms with E-state index < -0.39 is 0 Å². The van der Waals surface area contributed by atoms with Crippen LogP contribution in [0.25, 0.3) is 0 Å². The van der Waals surface area contributed by atoms with E-state index in [0.29, 0.717) is 0 Å². The number of nitrogens with zero attached hydrogens (tertiary/aromatic N) is 3. The van der Waals surface area contributed by atoms with Crippen LogP contribution in [0.1, 0.15) is 35.4 Å². The molecule has 0 spiro atoms. The summed E-state index contributed by atoms with van der Waals surface area (Å²) in [6.45, 7) is 0. The molecular formula is C24H23N3O. The van der Waals surface area contributed by atoms with Crippen molar-refractivity contribution in [2.75, 3.05) is 19.0 Å². The summed E-state index contributed by atoms with van der Waals surface area (Å²) in [6, 6.07) is 27.5. The average Bonchev–Trinajstić information content (AvgIpc) is 3.20. The Morgan fingerprint density at radius 3 is 2.36 bits per heavy atom. The summed E-state index contributed by atoms with van der Waals surface area (Å²) >= 11 is 0. The first-order valence-corrected chi connectivity index (χ1v) is 9.65. The summed E-state index contributed by atoms with van der Waals surface area (Å²) in [5.41, 5.74) is 5.78. The average molecular weight is 369 g/mol. The molecule has 0 aromatic heterocycles. The third-order valence-electron chi connectivity index (χ3n) is 5.50. The molecule has 4 nitrogen and oxygen atoms in total. The van der Waals surface area contributed by atoms with Gasteiger partial charge in [0.25, 0.3) is 0 Å². The molecule has 2 aliphatic rings. The Morgan fingerprint density at radius 1 is 0.893 bits per heavy atom. The number of ether oxygens (including phenoxy) is 1. The summed E-state index contributed by atoms with van der Waals surface area (Å²) in [5.74, 6) is 0.954. The number of anilines is 1. The molecule has 3 aromatic carbocycles. The van der Waals surface area contributed by atoms with E-state index in [9.17, 15) is 0 Å². The van der Waals surface area contributed by atoms with E-state index in [4.69, 9.17) is 9.84 Å². The van der Waals surface area contributed by atoms with Crippen molar-refractivity contribution in [3.8, 4) is 5.75 Å². The first kappa shape index (κ1) is 16.9. The third-order valence-corrected chi connectivity index (χ3v) is 5.50. The minimum atomic E-state index is -0.225. The van der Waals surface area contributed by atoms with Crippen LogP contribution in [-0.2, 0) is 0 Å². The van der Waals surface area contributed by atoms with Gasteiger partial charge in [-0.2, -0.15) is 5.10 Å². The summed E-state index contributed by atoms with van der Waals surface area (Å²) in [7, 11) is 4.10. The van der Waals surface area contributed by atoms with Gasteiger partial charge in [0.2, 0.25) is 6.23 Å². The molecule has 4 heteroatoms. The number of benzene rings is 3. The van der Waals surface area contributed by atoms with Crippen LogP contribution in [0.4, 0.5) is 5.69 Å². The molecule has 140 valence electrons. The lowest BCUT2D eigenvalue weighted by Gasteiger charge is -2.38. The van der Waals surface area contributed by atoms with Crippen LogP contribution in [0.2, 0.25) is 0 Å². The fraction of sp³-hybridized carbons (Fsp3) is 0.208. The predicted octanol–water partition coefficient (Wildman–Crippen LogP) is 4.99. The number of hydrazone groups is 1. The molecule has 0 aliphatic carbocycles. The molecule has 0 amide bonds. The second-order valence-electron chi connectivity index (χ2n) is 7.51. The molecule has 0 saturated heterocycles. The molecule has 0 N–H and O–H groups in total. The molecule has 0 saturated carbocycles. The summed E-state index contributed by atoms with van der Waals surface area (Å²) < 4.78 is 6.42. The van der Waals surface area contributed by atoms with E-state index in [-0.39, 0.29) is 12.3 Å². The second-order valence-corrected chi connectivity index (χ2v) is 7.51. The van der Waals surface area contributed by atoms with Crippen LogP contribution in [0, 0.1) is 0 Å². The highest BCUT2D eigenvalue weighted by molar-refractivity contribution is 6.01. The van der Waals surface area contributed by atoms with Gasteiger partial charge in [-0.05, 0) is 23.8 Å². The Hall–Kier alpha value is -3.27. The summed E-state index contributed by atoms with van der Waals surface area (Å²) in [6.07, 6.45) is 0.661. The molecule has 5 rings (SSSR count). The number of hydrogen-bond donors (Lipinski definition) is 0. The molecule has 2 atom stereocenters. The van der Waals surface area contributed by atoms with Crippen LogP contribution >= 0.6 is 0 Å². The van der Waals surface area contributed by atoms with E-state index in [1.165, 1.54) is 16.8 Å². The fourth-order valence-electron chi connectivity index (χ4n) is 4.00. The zero-order valence-electron chi connectivity index (χ0n) is 16.1. The SMILES string of the molecule is CN(C)c1ccc(C2Oc3ccccc3C3CC(c4ccccc4)=NN32)cc1. The van der Waals surface area contributed by atoms with Gasteiger partial charge in [0, 0.05) is 37.3 Å². The normalized spacial score (nSPS) is 20.1. The van der Waals surface area contributed by atoms with Crippen molar-refractivity contribution in [1.29, 1.82) is 0 Å². The quantitative estimate of drug-likeness (QED) is 0.651. The molecule has 0 radical (unpaired) electrons. The van der Waals surface area contributed by atoms with E-state index in [0.717, 1.165) is 23.4 Å². The van der Waals surface area contributed by atoms with Gasteiger partial charge in [0.05, 0.1) is 11.8 Å². The van der Waals surface area contributed by atoms with Crippen molar-refractivity contribution in [1.82, 2.24) is 5.01 Å². The lowest BCUT2D eigenvalue weighted by atomic mass is 9.96. The van der Waals surface area contributed by atoms with Crippen LogP contribution < -0.4 is 9.64 Å². The molecule has 2 unspecified atom stereocenters. The number of para-hydroxylation sites is 1. The zero-order chi connectivity index (χ0) is 19.1. The highest BCUT2D eigenvalue weighted by Gasteiger charge is 2.40. The van der Waals surface area contributed by atoms with E-state index in [1.54, 1.807) is 0 Å². The van der Waals surface area contributed by atoms with Crippen molar-refractivity contribution < 1.29 is 4.74 Å². The zero-order valence-corrected chi connectivity index (χ0v) is 16.1. The van der Waals surface area contributed by atoms with Gasteiger partial charge in [-0.25, -0.2) is 5.01 Å². The monoisotopic (exact) mass is 369 g/mol. The van der Waals surface area contributed by atoms with Crippen LogP contribution in [-0.4, -0.2) is 24.8 Å². The van der Waals surface area contributed by atoms with E-state index >= 15 is 0 Å². The number of hydrogen-bond acceptors (Lipinski definition) is 4. The van der Waals surface area contributed by atoms with Crippen molar-refractivity contribution in [2.24, 2.45) is 5.10 Å². The molecule has 28 heavy (non-hydrogen) atoms. The minimum absolute atomic E-state index is 0.193. The Bertz CT molecular complexity index is 1010. The third kappa shape index (κ3) is 2.82. The van der Waals surface area contributed by atoms with Gasteiger partial charge < -0.3 is 9.64 Å². The molecule has 3 aromatic rings. The first-order valence-electron chi connectivity index (χ1n) is 9.65. The predicted molar refractivity (Wildman–Crippen MR) is 113 cm³/mol. The standard InChI is InChI=1S/C24H23N3O/c1-26(2)19-14-12-18(13-15-19)24-27-22(20-10-6-7-11-23(20)28-24)16-21(25-27)17-8-4-3-5-9-17/h3-15,22,24H,16H2,1-2H3. The summed E-state index contributed by atoms with van der Waals surface area (Å²) in [5, 5.41) is 7.14. The second kappa shape index (κ2) is 6.71. The Labute approximate surface area is 165 Å². The minimum Gasteiger partial charge on any atom is -0.464 e. The summed E-state index contributed by atoms with van der Waals surface area (Å²) in [4.78, 5) is 2.10. The van der Waals surface area contributed by atoms with Crippen LogP contribution in [0.5, 0.6) is 5.75 Å². The maximum atomic E-state index is 6.42. The highest BCUT2D eigenvalue weighted by atomic mass is 16.5. The smallest absolute Gasteiger partial charge is 0.213 e. The topological polar surface area (TPSA) is 28.1 Å².